The fourth-order valence-corrected chi connectivity index (χ4v) is 2.89. The Bertz CT molecular complexity index is 264. The van der Waals surface area contributed by atoms with Crippen molar-refractivity contribution >= 4 is 5.91 Å². The molecule has 2 fully saturated rings. The first kappa shape index (κ1) is 12.8. The first-order valence-corrected chi connectivity index (χ1v) is 6.82. The van der Waals surface area contributed by atoms with Crippen molar-refractivity contribution in [2.75, 3.05) is 19.7 Å². The van der Waals surface area contributed by atoms with Crippen molar-refractivity contribution in [2.45, 2.75) is 51.2 Å². The average molecular weight is 240 g/mol. The number of nitrogens with two attached hydrogens (primary N) is 1. The van der Waals surface area contributed by atoms with Crippen molar-refractivity contribution in [3.05, 3.63) is 0 Å². The van der Waals surface area contributed by atoms with Gasteiger partial charge < -0.3 is 15.4 Å². The van der Waals surface area contributed by atoms with Crippen LogP contribution in [-0.4, -0.2) is 42.6 Å². The quantitative estimate of drug-likeness (QED) is 0.805. The first-order valence-electron chi connectivity index (χ1n) is 6.82. The Balaban J connectivity index is 1.87. The average Bonchev–Trinajstić information content (AvgIpc) is 2.82. The normalized spacial score (nSPS) is 30.8. The van der Waals surface area contributed by atoms with E-state index in [0.717, 1.165) is 6.42 Å². The van der Waals surface area contributed by atoms with E-state index in [4.69, 9.17) is 10.5 Å². The summed E-state index contributed by atoms with van der Waals surface area (Å²) in [5, 5.41) is 0. The molecule has 2 rings (SSSR count). The number of nitrogens with zero attached hydrogens (tertiary/aromatic N) is 1. The molecule has 1 amide bonds. The van der Waals surface area contributed by atoms with Crippen LogP contribution in [0.1, 0.15) is 39.0 Å². The van der Waals surface area contributed by atoms with E-state index in [1.165, 1.54) is 25.7 Å². The number of morpholine rings is 1. The van der Waals surface area contributed by atoms with Gasteiger partial charge in [-0.05, 0) is 25.7 Å². The molecule has 1 heterocycles. The van der Waals surface area contributed by atoms with Crippen LogP contribution < -0.4 is 5.73 Å². The summed E-state index contributed by atoms with van der Waals surface area (Å²) in [4.78, 5) is 14.2. The van der Waals surface area contributed by atoms with Gasteiger partial charge in [0.2, 0.25) is 5.91 Å². The predicted molar refractivity (Wildman–Crippen MR) is 66.5 cm³/mol. The summed E-state index contributed by atoms with van der Waals surface area (Å²) < 4.78 is 5.57. The third-order valence-corrected chi connectivity index (χ3v) is 4.03. The molecule has 1 saturated carbocycles. The van der Waals surface area contributed by atoms with Gasteiger partial charge in [0.05, 0.1) is 18.8 Å². The summed E-state index contributed by atoms with van der Waals surface area (Å²) in [6.45, 7) is 3.85. The molecule has 4 heteroatoms. The van der Waals surface area contributed by atoms with Crippen LogP contribution in [0.25, 0.3) is 0 Å². The Morgan fingerprint density at radius 1 is 1.41 bits per heavy atom. The van der Waals surface area contributed by atoms with Crippen LogP contribution in [0.15, 0.2) is 0 Å². The lowest BCUT2D eigenvalue weighted by molar-refractivity contribution is -0.144. The standard InChI is InChI=1S/C13H24N2O2/c1-10-9-17-12(7-14)8-15(10)13(16)6-11-4-2-3-5-11/h10-12H,2-9,14H2,1H3. The molecule has 0 aromatic heterocycles. The molecule has 2 unspecified atom stereocenters. The number of carbonyl (C=O) groups is 1. The fraction of sp³-hybridized carbons (Fsp3) is 0.923. The van der Waals surface area contributed by atoms with Gasteiger partial charge in [0.1, 0.15) is 0 Å². The third-order valence-electron chi connectivity index (χ3n) is 4.03. The summed E-state index contributed by atoms with van der Waals surface area (Å²) in [6.07, 6.45) is 5.79. The number of ether oxygens (including phenoxy) is 1. The SMILES string of the molecule is CC1COC(CN)CN1C(=O)CC1CCCC1. The topological polar surface area (TPSA) is 55.6 Å². The van der Waals surface area contributed by atoms with E-state index in [1.54, 1.807) is 0 Å². The highest BCUT2D eigenvalue weighted by Crippen LogP contribution is 2.28. The molecule has 17 heavy (non-hydrogen) atoms. The molecule has 1 aliphatic heterocycles. The molecule has 1 saturated heterocycles. The molecule has 2 atom stereocenters. The van der Waals surface area contributed by atoms with Crippen LogP contribution in [0.5, 0.6) is 0 Å². The Labute approximate surface area is 103 Å². The van der Waals surface area contributed by atoms with E-state index < -0.39 is 0 Å². The molecule has 2 N–H and O–H groups in total. The smallest absolute Gasteiger partial charge is 0.223 e. The van der Waals surface area contributed by atoms with Crippen molar-refractivity contribution in [1.29, 1.82) is 0 Å². The van der Waals surface area contributed by atoms with E-state index in [2.05, 4.69) is 6.92 Å². The third kappa shape index (κ3) is 3.19. The zero-order valence-corrected chi connectivity index (χ0v) is 10.7. The van der Waals surface area contributed by atoms with E-state index in [9.17, 15) is 4.79 Å². The molecule has 4 nitrogen and oxygen atoms in total. The maximum Gasteiger partial charge on any atom is 0.223 e. The van der Waals surface area contributed by atoms with Crippen molar-refractivity contribution in [2.24, 2.45) is 11.7 Å². The largest absolute Gasteiger partial charge is 0.373 e. The van der Waals surface area contributed by atoms with Crippen LogP contribution in [0.2, 0.25) is 0 Å². The Morgan fingerprint density at radius 2 is 2.12 bits per heavy atom. The summed E-state index contributed by atoms with van der Waals surface area (Å²) >= 11 is 0. The van der Waals surface area contributed by atoms with Gasteiger partial charge >= 0.3 is 0 Å². The predicted octanol–water partition coefficient (Wildman–Crippen LogP) is 1.14. The van der Waals surface area contributed by atoms with Gasteiger partial charge in [-0.2, -0.15) is 0 Å². The van der Waals surface area contributed by atoms with Crippen molar-refractivity contribution in [3.8, 4) is 0 Å². The minimum Gasteiger partial charge on any atom is -0.373 e. The molecular formula is C13H24N2O2. The van der Waals surface area contributed by atoms with Crippen LogP contribution in [0.4, 0.5) is 0 Å². The molecule has 0 radical (unpaired) electrons. The maximum atomic E-state index is 12.3. The lowest BCUT2D eigenvalue weighted by Gasteiger charge is -2.38. The van der Waals surface area contributed by atoms with Crippen LogP contribution >= 0.6 is 0 Å². The van der Waals surface area contributed by atoms with Crippen LogP contribution in [0.3, 0.4) is 0 Å². The van der Waals surface area contributed by atoms with Gasteiger partial charge in [-0.25, -0.2) is 0 Å². The molecule has 0 aromatic carbocycles. The maximum absolute atomic E-state index is 12.3. The van der Waals surface area contributed by atoms with Crippen LogP contribution in [-0.2, 0) is 9.53 Å². The van der Waals surface area contributed by atoms with E-state index in [0.29, 0.717) is 31.5 Å². The monoisotopic (exact) mass is 240 g/mol. The number of carbonyl (C=O) groups excluding carboxylic acids is 1. The summed E-state index contributed by atoms with van der Waals surface area (Å²) in [5.74, 6) is 0.917. The molecule has 2 aliphatic rings. The molecule has 0 aromatic rings. The van der Waals surface area contributed by atoms with Gasteiger partial charge in [-0.1, -0.05) is 12.8 Å². The van der Waals surface area contributed by atoms with Gasteiger partial charge in [0, 0.05) is 19.5 Å². The molecule has 98 valence electrons. The minimum atomic E-state index is 0.0266. The van der Waals surface area contributed by atoms with Crippen molar-refractivity contribution < 1.29 is 9.53 Å². The van der Waals surface area contributed by atoms with E-state index >= 15 is 0 Å². The lowest BCUT2D eigenvalue weighted by atomic mass is 10.0. The van der Waals surface area contributed by atoms with Crippen molar-refractivity contribution in [1.82, 2.24) is 4.90 Å². The Kier molecular flexibility index (Phi) is 4.40. The second-order valence-electron chi connectivity index (χ2n) is 5.44. The highest BCUT2D eigenvalue weighted by atomic mass is 16.5. The van der Waals surface area contributed by atoms with E-state index in [1.807, 2.05) is 4.90 Å². The zero-order valence-electron chi connectivity index (χ0n) is 10.7. The molecule has 1 aliphatic carbocycles. The van der Waals surface area contributed by atoms with Crippen LogP contribution in [0, 0.1) is 5.92 Å². The highest BCUT2D eigenvalue weighted by Gasteiger charge is 2.30. The molecule has 0 spiro atoms. The number of amides is 1. The molecular weight excluding hydrogens is 216 g/mol. The number of rotatable bonds is 3. The Morgan fingerprint density at radius 3 is 2.76 bits per heavy atom. The highest BCUT2D eigenvalue weighted by molar-refractivity contribution is 5.77. The zero-order chi connectivity index (χ0) is 12.3. The fourth-order valence-electron chi connectivity index (χ4n) is 2.89. The molecule has 0 bridgehead atoms. The van der Waals surface area contributed by atoms with E-state index in [-0.39, 0.29) is 12.1 Å². The summed E-state index contributed by atoms with van der Waals surface area (Å²) in [7, 11) is 0. The Hall–Kier alpha value is -0.610. The summed E-state index contributed by atoms with van der Waals surface area (Å²) in [6, 6.07) is 0.201. The van der Waals surface area contributed by atoms with Gasteiger partial charge in [-0.15, -0.1) is 0 Å². The second kappa shape index (κ2) is 5.83. The summed E-state index contributed by atoms with van der Waals surface area (Å²) in [5.41, 5.74) is 5.61. The lowest BCUT2D eigenvalue weighted by Crippen LogP contribution is -2.53. The first-order chi connectivity index (χ1) is 8.20. The van der Waals surface area contributed by atoms with Crippen molar-refractivity contribution in [3.63, 3.8) is 0 Å². The minimum absolute atomic E-state index is 0.0266. The second-order valence-corrected chi connectivity index (χ2v) is 5.44. The van der Waals surface area contributed by atoms with Gasteiger partial charge in [0.15, 0.2) is 0 Å². The van der Waals surface area contributed by atoms with Gasteiger partial charge in [-0.3, -0.25) is 4.79 Å². The number of hydrogen-bond acceptors (Lipinski definition) is 3. The van der Waals surface area contributed by atoms with Gasteiger partial charge in [0.25, 0.3) is 0 Å². The number of hydrogen-bond donors (Lipinski definition) is 1.